The smallest absolute Gasteiger partial charge is 0.0371 e. The van der Waals surface area contributed by atoms with Crippen LogP contribution < -0.4 is 10.2 Å². The summed E-state index contributed by atoms with van der Waals surface area (Å²) in [6.07, 6.45) is 0. The molecular weight excluding hydrogens is 210 g/mol. The molecule has 0 bridgehead atoms. The van der Waals surface area contributed by atoms with Crippen molar-refractivity contribution >= 4 is 5.69 Å². The Hall–Kier alpha value is -1.06. The highest BCUT2D eigenvalue weighted by Gasteiger charge is 2.19. The van der Waals surface area contributed by atoms with Crippen LogP contribution in [0.5, 0.6) is 0 Å². The summed E-state index contributed by atoms with van der Waals surface area (Å²) in [4.78, 5) is 4.72. The van der Waals surface area contributed by atoms with Crippen LogP contribution in [-0.2, 0) is 0 Å². The Morgan fingerprint density at radius 3 is 2.65 bits per heavy atom. The van der Waals surface area contributed by atoms with Crippen LogP contribution in [0.25, 0.3) is 0 Å². The van der Waals surface area contributed by atoms with Gasteiger partial charge in [-0.15, -0.1) is 0 Å². The molecule has 0 aliphatic carbocycles. The van der Waals surface area contributed by atoms with Crippen molar-refractivity contribution in [3.63, 3.8) is 0 Å². The number of nitrogens with one attached hydrogen (secondary N) is 1. The molecule has 1 N–H and O–H groups in total. The molecule has 3 heteroatoms. The van der Waals surface area contributed by atoms with Crippen molar-refractivity contribution in [3.8, 4) is 0 Å². The second-order valence-corrected chi connectivity index (χ2v) is 5.19. The van der Waals surface area contributed by atoms with E-state index in [0.717, 1.165) is 26.2 Å². The first kappa shape index (κ1) is 12.4. The first-order valence-electron chi connectivity index (χ1n) is 6.35. The monoisotopic (exact) mass is 233 g/mol. The van der Waals surface area contributed by atoms with Gasteiger partial charge in [-0.05, 0) is 33.2 Å². The Bertz CT molecular complexity index is 345. The molecule has 1 saturated heterocycles. The fraction of sp³-hybridized carbons (Fsp3) is 0.571. The van der Waals surface area contributed by atoms with E-state index < -0.39 is 0 Å². The third kappa shape index (κ3) is 3.45. The van der Waals surface area contributed by atoms with Gasteiger partial charge in [0, 0.05) is 37.9 Å². The van der Waals surface area contributed by atoms with Gasteiger partial charge in [-0.2, -0.15) is 0 Å². The second kappa shape index (κ2) is 5.52. The molecular formula is C14H23N3. The first-order valence-corrected chi connectivity index (χ1v) is 6.35. The van der Waals surface area contributed by atoms with Gasteiger partial charge in [-0.25, -0.2) is 0 Å². The normalized spacial score (nSPS) is 20.9. The molecule has 1 fully saturated rings. The number of benzene rings is 1. The Kier molecular flexibility index (Phi) is 4.02. The lowest BCUT2D eigenvalue weighted by molar-refractivity contribution is 0.323. The molecule has 1 aliphatic heterocycles. The zero-order valence-corrected chi connectivity index (χ0v) is 11.1. The number of hydrogen-bond donors (Lipinski definition) is 1. The van der Waals surface area contributed by atoms with Gasteiger partial charge >= 0.3 is 0 Å². The number of aryl methyl sites for hydroxylation is 1. The van der Waals surface area contributed by atoms with Gasteiger partial charge in [0.05, 0.1) is 0 Å². The number of piperazine rings is 1. The maximum atomic E-state index is 3.58. The van der Waals surface area contributed by atoms with E-state index in [9.17, 15) is 0 Å². The molecule has 3 nitrogen and oxygen atoms in total. The van der Waals surface area contributed by atoms with E-state index in [2.05, 4.69) is 60.4 Å². The maximum absolute atomic E-state index is 3.58. The summed E-state index contributed by atoms with van der Waals surface area (Å²) in [7, 11) is 4.26. The van der Waals surface area contributed by atoms with Crippen LogP contribution in [0.4, 0.5) is 5.69 Å². The van der Waals surface area contributed by atoms with Crippen molar-refractivity contribution in [2.24, 2.45) is 0 Å². The fourth-order valence-electron chi connectivity index (χ4n) is 2.38. The molecule has 0 amide bonds. The zero-order chi connectivity index (χ0) is 12.3. The number of rotatable bonds is 3. The van der Waals surface area contributed by atoms with Gasteiger partial charge in [-0.1, -0.05) is 17.7 Å². The Balaban J connectivity index is 1.99. The minimum atomic E-state index is 0.569. The van der Waals surface area contributed by atoms with Gasteiger partial charge in [0.25, 0.3) is 0 Å². The predicted molar refractivity (Wildman–Crippen MR) is 73.7 cm³/mol. The Morgan fingerprint density at radius 2 is 2.00 bits per heavy atom. The molecule has 2 rings (SSSR count). The quantitative estimate of drug-likeness (QED) is 0.850. The molecule has 0 aromatic heterocycles. The SMILES string of the molecule is Cc1ccc(N2CCNC(CN(C)C)C2)cc1. The highest BCUT2D eigenvalue weighted by atomic mass is 15.2. The van der Waals surface area contributed by atoms with Crippen molar-refractivity contribution < 1.29 is 0 Å². The molecule has 1 heterocycles. The Morgan fingerprint density at radius 1 is 1.29 bits per heavy atom. The van der Waals surface area contributed by atoms with Crippen molar-refractivity contribution in [3.05, 3.63) is 29.8 Å². The Labute approximate surface area is 104 Å². The van der Waals surface area contributed by atoms with Crippen molar-refractivity contribution in [1.82, 2.24) is 10.2 Å². The van der Waals surface area contributed by atoms with Gasteiger partial charge in [0.15, 0.2) is 0 Å². The minimum absolute atomic E-state index is 0.569. The average Bonchev–Trinajstić information content (AvgIpc) is 2.29. The fourth-order valence-corrected chi connectivity index (χ4v) is 2.38. The lowest BCUT2D eigenvalue weighted by atomic mass is 10.1. The highest BCUT2D eigenvalue weighted by Crippen LogP contribution is 2.16. The van der Waals surface area contributed by atoms with Crippen molar-refractivity contribution in [2.45, 2.75) is 13.0 Å². The minimum Gasteiger partial charge on any atom is -0.369 e. The van der Waals surface area contributed by atoms with Crippen LogP contribution >= 0.6 is 0 Å². The highest BCUT2D eigenvalue weighted by molar-refractivity contribution is 5.48. The predicted octanol–water partition coefficient (Wildman–Crippen LogP) is 1.33. The summed E-state index contributed by atoms with van der Waals surface area (Å²) in [6.45, 7) is 6.51. The molecule has 0 saturated carbocycles. The van der Waals surface area contributed by atoms with Gasteiger partial charge in [0.2, 0.25) is 0 Å². The van der Waals surface area contributed by atoms with E-state index in [0.29, 0.717) is 6.04 Å². The molecule has 0 radical (unpaired) electrons. The summed E-state index contributed by atoms with van der Waals surface area (Å²) in [5.74, 6) is 0. The molecule has 94 valence electrons. The standard InChI is InChI=1S/C14H23N3/c1-12-4-6-14(7-5-12)17-9-8-15-13(11-17)10-16(2)3/h4-7,13,15H,8-11H2,1-3H3. The van der Waals surface area contributed by atoms with Gasteiger partial charge in [0.1, 0.15) is 0 Å². The lowest BCUT2D eigenvalue weighted by Crippen LogP contribution is -2.54. The van der Waals surface area contributed by atoms with Crippen LogP contribution in [0.15, 0.2) is 24.3 Å². The van der Waals surface area contributed by atoms with E-state index >= 15 is 0 Å². The summed E-state index contributed by atoms with van der Waals surface area (Å²) < 4.78 is 0. The molecule has 1 aromatic carbocycles. The largest absolute Gasteiger partial charge is 0.369 e. The number of nitrogens with zero attached hydrogens (tertiary/aromatic N) is 2. The van der Waals surface area contributed by atoms with E-state index in [4.69, 9.17) is 0 Å². The van der Waals surface area contributed by atoms with Crippen LogP contribution in [0, 0.1) is 6.92 Å². The molecule has 1 aromatic rings. The molecule has 0 spiro atoms. The molecule has 1 atom stereocenters. The van der Waals surface area contributed by atoms with Crippen molar-refractivity contribution in [2.75, 3.05) is 45.2 Å². The van der Waals surface area contributed by atoms with E-state index in [1.165, 1.54) is 11.3 Å². The van der Waals surface area contributed by atoms with Crippen LogP contribution in [0.3, 0.4) is 0 Å². The zero-order valence-electron chi connectivity index (χ0n) is 11.1. The summed E-state index contributed by atoms with van der Waals surface area (Å²) >= 11 is 0. The van der Waals surface area contributed by atoms with Gasteiger partial charge in [-0.3, -0.25) is 0 Å². The van der Waals surface area contributed by atoms with E-state index in [1.807, 2.05) is 0 Å². The lowest BCUT2D eigenvalue weighted by Gasteiger charge is -2.36. The third-order valence-corrected chi connectivity index (χ3v) is 3.24. The summed E-state index contributed by atoms with van der Waals surface area (Å²) in [6, 6.07) is 9.41. The third-order valence-electron chi connectivity index (χ3n) is 3.24. The van der Waals surface area contributed by atoms with Crippen LogP contribution in [0.2, 0.25) is 0 Å². The van der Waals surface area contributed by atoms with E-state index in [1.54, 1.807) is 0 Å². The van der Waals surface area contributed by atoms with Crippen LogP contribution in [0.1, 0.15) is 5.56 Å². The summed E-state index contributed by atoms with van der Waals surface area (Å²) in [5, 5.41) is 3.58. The van der Waals surface area contributed by atoms with Crippen LogP contribution in [-0.4, -0.2) is 51.2 Å². The first-order chi connectivity index (χ1) is 8.15. The number of likely N-dealkylation sites (N-methyl/N-ethyl adjacent to an activating group) is 1. The van der Waals surface area contributed by atoms with Gasteiger partial charge < -0.3 is 15.1 Å². The van der Waals surface area contributed by atoms with Crippen molar-refractivity contribution in [1.29, 1.82) is 0 Å². The molecule has 17 heavy (non-hydrogen) atoms. The topological polar surface area (TPSA) is 18.5 Å². The molecule has 1 aliphatic rings. The average molecular weight is 233 g/mol. The molecule has 1 unspecified atom stereocenters. The maximum Gasteiger partial charge on any atom is 0.0371 e. The van der Waals surface area contributed by atoms with E-state index in [-0.39, 0.29) is 0 Å². The summed E-state index contributed by atoms with van der Waals surface area (Å²) in [5.41, 5.74) is 2.68. The number of hydrogen-bond acceptors (Lipinski definition) is 3. The second-order valence-electron chi connectivity index (χ2n) is 5.19. The number of anilines is 1.